The van der Waals surface area contributed by atoms with E-state index in [1.165, 1.54) is 12.1 Å². The minimum absolute atomic E-state index is 0.0709. The predicted molar refractivity (Wildman–Crippen MR) is 115 cm³/mol. The molecule has 0 atom stereocenters. The number of benzene rings is 3. The van der Waals surface area contributed by atoms with Gasteiger partial charge in [0, 0.05) is 23.2 Å². The van der Waals surface area contributed by atoms with Gasteiger partial charge < -0.3 is 9.08 Å². The van der Waals surface area contributed by atoms with E-state index in [1.54, 1.807) is 36.4 Å². The summed E-state index contributed by atoms with van der Waals surface area (Å²) in [5.41, 5.74) is 1.42. The number of hydrogen-bond acceptors (Lipinski definition) is 4. The number of carbonyl (C=O) groups excluding carboxylic acids is 1. The quantitative estimate of drug-likeness (QED) is 0.464. The van der Waals surface area contributed by atoms with Crippen LogP contribution >= 0.6 is 11.6 Å². The molecule has 3 aromatic rings. The highest BCUT2D eigenvalue weighted by Gasteiger charge is 2.33. The van der Waals surface area contributed by atoms with Gasteiger partial charge in [0.2, 0.25) is 0 Å². The van der Waals surface area contributed by atoms with Crippen LogP contribution in [0.3, 0.4) is 0 Å². The lowest BCUT2D eigenvalue weighted by molar-refractivity contribution is 0.0730. The number of nitrogens with zero attached hydrogens (tertiary/aromatic N) is 1. The van der Waals surface area contributed by atoms with Crippen LogP contribution < -0.4 is 4.18 Å². The second kappa shape index (κ2) is 8.69. The Morgan fingerprint density at radius 2 is 1.58 bits per heavy atom. The second-order valence-electron chi connectivity index (χ2n) is 7.31. The summed E-state index contributed by atoms with van der Waals surface area (Å²) in [7, 11) is -4.06. The van der Waals surface area contributed by atoms with Crippen molar-refractivity contribution in [3.8, 4) is 5.75 Å². The zero-order chi connectivity index (χ0) is 22.0. The molecular weight excluding hydrogens is 441 g/mol. The molecule has 0 unspecified atom stereocenters. The van der Waals surface area contributed by atoms with E-state index in [-0.39, 0.29) is 22.6 Å². The Bertz CT molecular complexity index is 1180. The van der Waals surface area contributed by atoms with Crippen molar-refractivity contribution in [2.24, 2.45) is 0 Å². The van der Waals surface area contributed by atoms with Crippen LogP contribution in [0, 0.1) is 5.82 Å². The first-order valence-electron chi connectivity index (χ1n) is 9.67. The number of amides is 1. The van der Waals surface area contributed by atoms with Crippen molar-refractivity contribution < 1.29 is 21.8 Å². The fourth-order valence-electron chi connectivity index (χ4n) is 3.13. The first kappa shape index (κ1) is 21.3. The molecule has 5 nitrogen and oxygen atoms in total. The van der Waals surface area contributed by atoms with Crippen molar-refractivity contribution in [1.82, 2.24) is 4.90 Å². The van der Waals surface area contributed by atoms with E-state index in [0.29, 0.717) is 17.1 Å². The van der Waals surface area contributed by atoms with Crippen molar-refractivity contribution in [2.45, 2.75) is 30.3 Å². The lowest BCUT2D eigenvalue weighted by atomic mass is 10.1. The standard InChI is InChI=1S/C23H19ClFNO4S/c24-18-5-3-17(4-6-18)23(27)26(20-9-10-20)15-16-1-11-21(12-2-16)30-31(28,29)22-13-7-19(25)8-14-22/h1-8,11-14,20H,9-10,15H2. The first-order chi connectivity index (χ1) is 14.8. The molecule has 160 valence electrons. The predicted octanol–water partition coefficient (Wildman–Crippen LogP) is 5.05. The Balaban J connectivity index is 1.46. The van der Waals surface area contributed by atoms with Crippen LogP contribution in [-0.2, 0) is 16.7 Å². The zero-order valence-corrected chi connectivity index (χ0v) is 17.9. The molecule has 0 saturated heterocycles. The summed E-state index contributed by atoms with van der Waals surface area (Å²) in [5, 5.41) is 0.570. The van der Waals surface area contributed by atoms with Gasteiger partial charge in [-0.15, -0.1) is 0 Å². The van der Waals surface area contributed by atoms with Crippen LogP contribution in [0.4, 0.5) is 4.39 Å². The highest BCUT2D eigenvalue weighted by atomic mass is 35.5. The van der Waals surface area contributed by atoms with Gasteiger partial charge in [0.25, 0.3) is 5.91 Å². The lowest BCUT2D eigenvalue weighted by Crippen LogP contribution is -2.32. The Morgan fingerprint density at radius 3 is 2.16 bits per heavy atom. The average molecular weight is 460 g/mol. The van der Waals surface area contributed by atoms with Gasteiger partial charge in [0.05, 0.1) is 0 Å². The van der Waals surface area contributed by atoms with Crippen molar-refractivity contribution in [3.63, 3.8) is 0 Å². The summed E-state index contributed by atoms with van der Waals surface area (Å²) in [5.74, 6) is -0.467. The first-order valence-corrected chi connectivity index (χ1v) is 11.5. The fourth-order valence-corrected chi connectivity index (χ4v) is 4.19. The number of halogens is 2. The van der Waals surface area contributed by atoms with Gasteiger partial charge in [-0.3, -0.25) is 4.79 Å². The van der Waals surface area contributed by atoms with Crippen LogP contribution in [0.15, 0.2) is 77.7 Å². The third kappa shape index (κ3) is 5.24. The van der Waals surface area contributed by atoms with Gasteiger partial charge in [0.1, 0.15) is 16.5 Å². The summed E-state index contributed by atoms with van der Waals surface area (Å²) < 4.78 is 42.8. The smallest absolute Gasteiger partial charge is 0.339 e. The molecule has 0 heterocycles. The van der Waals surface area contributed by atoms with Crippen LogP contribution in [-0.4, -0.2) is 25.3 Å². The summed E-state index contributed by atoms with van der Waals surface area (Å²) in [4.78, 5) is 14.6. The van der Waals surface area contributed by atoms with Crippen molar-refractivity contribution in [2.75, 3.05) is 0 Å². The van der Waals surface area contributed by atoms with Crippen LogP contribution in [0.5, 0.6) is 5.75 Å². The number of rotatable bonds is 7. The van der Waals surface area contributed by atoms with Crippen molar-refractivity contribution in [3.05, 3.63) is 94.8 Å². The topological polar surface area (TPSA) is 63.7 Å². The molecule has 0 aliphatic heterocycles. The second-order valence-corrected chi connectivity index (χ2v) is 9.29. The van der Waals surface area contributed by atoms with E-state index in [4.69, 9.17) is 15.8 Å². The van der Waals surface area contributed by atoms with Gasteiger partial charge in [-0.2, -0.15) is 8.42 Å². The van der Waals surface area contributed by atoms with Gasteiger partial charge >= 0.3 is 10.1 Å². The minimum atomic E-state index is -4.06. The molecule has 4 rings (SSSR count). The molecule has 0 radical (unpaired) electrons. The Labute approximate surface area is 185 Å². The van der Waals surface area contributed by atoms with Gasteiger partial charge in [0.15, 0.2) is 0 Å². The molecule has 0 spiro atoms. The molecule has 1 fully saturated rings. The molecule has 0 N–H and O–H groups in total. The number of carbonyl (C=O) groups is 1. The van der Waals surface area contributed by atoms with E-state index in [2.05, 4.69) is 0 Å². The molecule has 1 saturated carbocycles. The van der Waals surface area contributed by atoms with E-state index in [1.807, 2.05) is 4.90 Å². The van der Waals surface area contributed by atoms with Crippen molar-refractivity contribution >= 4 is 27.6 Å². The Hall–Kier alpha value is -2.90. The fraction of sp³-hybridized carbons (Fsp3) is 0.174. The van der Waals surface area contributed by atoms with Gasteiger partial charge in [-0.25, -0.2) is 4.39 Å². The zero-order valence-electron chi connectivity index (χ0n) is 16.4. The van der Waals surface area contributed by atoms with Gasteiger partial charge in [-0.1, -0.05) is 23.7 Å². The maximum Gasteiger partial charge on any atom is 0.339 e. The highest BCUT2D eigenvalue weighted by molar-refractivity contribution is 7.87. The van der Waals surface area contributed by atoms with E-state index in [0.717, 1.165) is 42.7 Å². The van der Waals surface area contributed by atoms with Crippen LogP contribution in [0.2, 0.25) is 5.02 Å². The lowest BCUT2D eigenvalue weighted by Gasteiger charge is -2.23. The SMILES string of the molecule is O=C(c1ccc(Cl)cc1)N(Cc1ccc(OS(=O)(=O)c2ccc(F)cc2)cc1)C1CC1. The summed E-state index contributed by atoms with van der Waals surface area (Å²) in [6.45, 7) is 0.400. The average Bonchev–Trinajstić information content (AvgIpc) is 3.58. The number of hydrogen-bond donors (Lipinski definition) is 0. The van der Waals surface area contributed by atoms with E-state index < -0.39 is 15.9 Å². The molecule has 3 aromatic carbocycles. The molecule has 0 bridgehead atoms. The molecule has 31 heavy (non-hydrogen) atoms. The molecule has 0 aromatic heterocycles. The summed E-state index contributed by atoms with van der Waals surface area (Å²) >= 11 is 5.91. The third-order valence-electron chi connectivity index (χ3n) is 4.92. The molecule has 1 aliphatic carbocycles. The normalized spacial score (nSPS) is 13.6. The molecule has 8 heteroatoms. The van der Waals surface area contributed by atoms with Crippen LogP contribution in [0.25, 0.3) is 0 Å². The molecule has 1 aliphatic rings. The minimum Gasteiger partial charge on any atom is -0.379 e. The Kier molecular flexibility index (Phi) is 5.98. The van der Waals surface area contributed by atoms with E-state index in [9.17, 15) is 17.6 Å². The van der Waals surface area contributed by atoms with E-state index >= 15 is 0 Å². The maximum atomic E-state index is 13.0. The largest absolute Gasteiger partial charge is 0.379 e. The Morgan fingerprint density at radius 1 is 0.968 bits per heavy atom. The summed E-state index contributed by atoms with van der Waals surface area (Å²) in [6.07, 6.45) is 1.91. The monoisotopic (exact) mass is 459 g/mol. The van der Waals surface area contributed by atoms with Gasteiger partial charge in [-0.05, 0) is 79.1 Å². The highest BCUT2D eigenvalue weighted by Crippen LogP contribution is 2.30. The van der Waals surface area contributed by atoms with Crippen molar-refractivity contribution in [1.29, 1.82) is 0 Å². The maximum absolute atomic E-state index is 13.0. The molecule has 1 amide bonds. The third-order valence-corrected chi connectivity index (χ3v) is 6.44. The van der Waals surface area contributed by atoms with Crippen LogP contribution in [0.1, 0.15) is 28.8 Å². The molecular formula is C23H19ClFNO4S. The summed E-state index contributed by atoms with van der Waals surface area (Å²) in [6, 6.07) is 17.9.